The molecule has 5 rings (SSSR count). The summed E-state index contributed by atoms with van der Waals surface area (Å²) in [7, 11) is 2.12. The van der Waals surface area contributed by atoms with Crippen molar-refractivity contribution in [2.45, 2.75) is 0 Å². The van der Waals surface area contributed by atoms with Gasteiger partial charge in [-0.1, -0.05) is 0 Å². The fraction of sp³-hybridized carbons (Fsp3) is 0.217. The summed E-state index contributed by atoms with van der Waals surface area (Å²) >= 11 is 1.14. The van der Waals surface area contributed by atoms with E-state index in [0.717, 1.165) is 54.6 Å². The van der Waals surface area contributed by atoms with Crippen LogP contribution in [0.2, 0.25) is 0 Å². The van der Waals surface area contributed by atoms with E-state index in [1.807, 2.05) is 42.5 Å². The minimum Gasteiger partial charge on any atom is -0.369 e. The third kappa shape index (κ3) is 4.57. The van der Waals surface area contributed by atoms with Gasteiger partial charge in [0, 0.05) is 49.4 Å². The van der Waals surface area contributed by atoms with Gasteiger partial charge in [-0.05, 0) is 55.6 Å². The van der Waals surface area contributed by atoms with Crippen LogP contribution < -0.4 is 21.1 Å². The van der Waals surface area contributed by atoms with Crippen LogP contribution >= 0.6 is 11.7 Å². The Balaban J connectivity index is 1.33. The van der Waals surface area contributed by atoms with Crippen LogP contribution in [0.5, 0.6) is 0 Å². The quantitative estimate of drug-likeness (QED) is 0.419. The van der Waals surface area contributed by atoms with E-state index in [0.29, 0.717) is 17.1 Å². The first kappa shape index (κ1) is 21.1. The molecule has 168 valence electrons. The topological polar surface area (TPSA) is 106 Å². The van der Waals surface area contributed by atoms with E-state index in [1.165, 1.54) is 6.20 Å². The van der Waals surface area contributed by atoms with Crippen LogP contribution in [0, 0.1) is 0 Å². The monoisotopic (exact) mass is 461 g/mol. The Morgan fingerprint density at radius 2 is 1.70 bits per heavy atom. The second-order valence-electron chi connectivity index (χ2n) is 7.98. The number of fused-ring (bicyclic) bond motifs is 1. The number of hydrogen-bond donors (Lipinski definition) is 3. The second kappa shape index (κ2) is 9.00. The second-order valence-corrected chi connectivity index (χ2v) is 8.51. The molecule has 0 radical (unpaired) electrons. The molecule has 0 spiro atoms. The number of carbonyl (C=O) groups excluding carboxylic acids is 1. The Labute approximate surface area is 194 Å². The van der Waals surface area contributed by atoms with Gasteiger partial charge in [-0.3, -0.25) is 9.59 Å². The van der Waals surface area contributed by atoms with E-state index in [9.17, 15) is 9.59 Å². The fourth-order valence-electron chi connectivity index (χ4n) is 3.84. The number of anilines is 4. The van der Waals surface area contributed by atoms with Crippen molar-refractivity contribution in [3.05, 3.63) is 70.6 Å². The number of likely N-dealkylation sites (N-methyl/N-ethyl adjacent to an activating group) is 1. The van der Waals surface area contributed by atoms with Crippen molar-refractivity contribution >= 4 is 51.4 Å². The van der Waals surface area contributed by atoms with Crippen molar-refractivity contribution in [1.29, 1.82) is 0 Å². The van der Waals surface area contributed by atoms with E-state index >= 15 is 0 Å². The SMILES string of the molecule is CN1CCN(c2ccc(NC(=O)c3c(Nc4ccc5nsnc5c4)cc[nH]c3=O)cc2)CC1. The smallest absolute Gasteiger partial charge is 0.263 e. The molecule has 2 aromatic carbocycles. The Morgan fingerprint density at radius 1 is 0.970 bits per heavy atom. The zero-order valence-corrected chi connectivity index (χ0v) is 18.9. The van der Waals surface area contributed by atoms with E-state index in [2.05, 4.69) is 41.2 Å². The normalized spacial score (nSPS) is 14.4. The van der Waals surface area contributed by atoms with E-state index in [4.69, 9.17) is 0 Å². The van der Waals surface area contributed by atoms with Crippen LogP contribution in [0.15, 0.2) is 59.5 Å². The number of carbonyl (C=O) groups is 1. The average Bonchev–Trinajstić information content (AvgIpc) is 3.28. The Kier molecular flexibility index (Phi) is 5.76. The first-order chi connectivity index (χ1) is 16.1. The number of H-pyrrole nitrogens is 1. The van der Waals surface area contributed by atoms with Crippen LogP contribution in [0.25, 0.3) is 11.0 Å². The minimum absolute atomic E-state index is 0.0112. The van der Waals surface area contributed by atoms with Gasteiger partial charge in [0.05, 0.1) is 17.4 Å². The third-order valence-electron chi connectivity index (χ3n) is 5.71. The molecule has 1 aliphatic rings. The highest BCUT2D eigenvalue weighted by atomic mass is 32.1. The summed E-state index contributed by atoms with van der Waals surface area (Å²) < 4.78 is 8.43. The Morgan fingerprint density at radius 3 is 2.48 bits per heavy atom. The zero-order chi connectivity index (χ0) is 22.8. The Bertz CT molecular complexity index is 1340. The van der Waals surface area contributed by atoms with Crippen molar-refractivity contribution in [3.63, 3.8) is 0 Å². The number of hydrogen-bond acceptors (Lipinski definition) is 8. The van der Waals surface area contributed by atoms with Gasteiger partial charge >= 0.3 is 0 Å². The number of aromatic nitrogens is 3. The summed E-state index contributed by atoms with van der Waals surface area (Å²) in [5.41, 5.74) is 3.96. The molecule has 4 aromatic rings. The largest absolute Gasteiger partial charge is 0.369 e. The highest BCUT2D eigenvalue weighted by molar-refractivity contribution is 7.00. The number of aromatic amines is 1. The Hall–Kier alpha value is -3.76. The number of rotatable bonds is 5. The summed E-state index contributed by atoms with van der Waals surface area (Å²) in [5, 5.41) is 6.00. The average molecular weight is 462 g/mol. The molecule has 3 heterocycles. The van der Waals surface area contributed by atoms with E-state index in [-0.39, 0.29) is 5.56 Å². The molecule has 1 amide bonds. The molecule has 10 heteroatoms. The lowest BCUT2D eigenvalue weighted by Gasteiger charge is -2.34. The highest BCUT2D eigenvalue weighted by Crippen LogP contribution is 2.24. The van der Waals surface area contributed by atoms with Gasteiger partial charge in [0.15, 0.2) is 0 Å². The van der Waals surface area contributed by atoms with Gasteiger partial charge in [0.2, 0.25) is 0 Å². The van der Waals surface area contributed by atoms with Gasteiger partial charge in [-0.15, -0.1) is 0 Å². The van der Waals surface area contributed by atoms with Crippen molar-refractivity contribution in [2.24, 2.45) is 0 Å². The number of amides is 1. The molecule has 9 nitrogen and oxygen atoms in total. The first-order valence-electron chi connectivity index (χ1n) is 10.6. The third-order valence-corrected chi connectivity index (χ3v) is 6.27. The predicted octanol–water partition coefficient (Wildman–Crippen LogP) is 3.13. The first-order valence-corrected chi connectivity index (χ1v) is 11.4. The number of piperazine rings is 1. The number of nitrogens with one attached hydrogen (secondary N) is 3. The van der Waals surface area contributed by atoms with Gasteiger partial charge in [0.1, 0.15) is 16.6 Å². The number of nitrogens with zero attached hydrogens (tertiary/aromatic N) is 4. The summed E-state index contributed by atoms with van der Waals surface area (Å²) in [6.45, 7) is 3.99. The maximum Gasteiger partial charge on any atom is 0.263 e. The van der Waals surface area contributed by atoms with Crippen molar-refractivity contribution in [3.8, 4) is 0 Å². The van der Waals surface area contributed by atoms with Crippen LogP contribution in [0.3, 0.4) is 0 Å². The lowest BCUT2D eigenvalue weighted by atomic mass is 10.1. The molecule has 3 N–H and O–H groups in total. The van der Waals surface area contributed by atoms with Crippen molar-refractivity contribution < 1.29 is 4.79 Å². The fourth-order valence-corrected chi connectivity index (χ4v) is 4.35. The maximum atomic E-state index is 13.0. The van der Waals surface area contributed by atoms with Crippen molar-refractivity contribution in [1.82, 2.24) is 18.6 Å². The molecule has 0 unspecified atom stereocenters. The molecular formula is C23H23N7O2S. The molecule has 0 aliphatic carbocycles. The molecule has 0 saturated carbocycles. The lowest BCUT2D eigenvalue weighted by molar-refractivity contribution is 0.102. The lowest BCUT2D eigenvalue weighted by Crippen LogP contribution is -2.44. The summed E-state index contributed by atoms with van der Waals surface area (Å²) in [6, 6.07) is 14.9. The van der Waals surface area contributed by atoms with Gasteiger partial charge in [-0.25, -0.2) is 0 Å². The van der Waals surface area contributed by atoms with Gasteiger partial charge in [0.25, 0.3) is 11.5 Å². The van der Waals surface area contributed by atoms with E-state index in [1.54, 1.807) is 6.07 Å². The highest BCUT2D eigenvalue weighted by Gasteiger charge is 2.18. The zero-order valence-electron chi connectivity index (χ0n) is 18.0. The van der Waals surface area contributed by atoms with Crippen LogP contribution in [-0.2, 0) is 0 Å². The standard InChI is InChI=1S/C23H23N7O2S/c1-29-10-12-30(13-11-29)17-5-2-15(3-6-17)26-23(32)21-19(8-9-24-22(21)31)25-16-4-7-18-20(14-16)28-33-27-18/h2-9,14H,10-13H2,1H3,(H,26,32)(H2,24,25,31). The summed E-state index contributed by atoms with van der Waals surface area (Å²) in [5.74, 6) is -0.483. The van der Waals surface area contributed by atoms with Gasteiger partial charge < -0.3 is 25.4 Å². The van der Waals surface area contributed by atoms with E-state index < -0.39 is 11.5 Å². The summed E-state index contributed by atoms with van der Waals surface area (Å²) in [4.78, 5) is 32.8. The molecule has 1 saturated heterocycles. The molecular weight excluding hydrogens is 438 g/mol. The number of pyridine rings is 1. The van der Waals surface area contributed by atoms with Crippen LogP contribution in [0.4, 0.5) is 22.7 Å². The van der Waals surface area contributed by atoms with Crippen LogP contribution in [-0.4, -0.2) is 57.8 Å². The summed E-state index contributed by atoms with van der Waals surface area (Å²) in [6.07, 6.45) is 1.51. The van der Waals surface area contributed by atoms with Crippen molar-refractivity contribution in [2.75, 3.05) is 48.8 Å². The molecule has 0 bridgehead atoms. The molecule has 1 fully saturated rings. The predicted molar refractivity (Wildman–Crippen MR) is 132 cm³/mol. The molecule has 2 aromatic heterocycles. The molecule has 0 atom stereocenters. The number of benzene rings is 2. The molecule has 33 heavy (non-hydrogen) atoms. The molecule has 1 aliphatic heterocycles. The van der Waals surface area contributed by atoms with Crippen LogP contribution in [0.1, 0.15) is 10.4 Å². The van der Waals surface area contributed by atoms with Gasteiger partial charge in [-0.2, -0.15) is 8.75 Å². The minimum atomic E-state index is -0.483. The maximum absolute atomic E-state index is 13.0.